The fourth-order valence-corrected chi connectivity index (χ4v) is 0.753. The maximum Gasteiger partial charge on any atom is 0.268 e. The molecular weight excluding hydrogens is 186 g/mol. The summed E-state index contributed by atoms with van der Waals surface area (Å²) in [6.45, 7) is 2.49. The van der Waals surface area contributed by atoms with E-state index in [-0.39, 0.29) is 0 Å². The first kappa shape index (κ1) is 6.61. The molecule has 0 saturated heterocycles. The van der Waals surface area contributed by atoms with Crippen molar-refractivity contribution in [3.05, 3.63) is 11.1 Å². The minimum atomic E-state index is 0.512. The topological polar surface area (TPSA) is 35.3 Å². The van der Waals surface area contributed by atoms with Gasteiger partial charge in [-0.1, -0.05) is 0 Å². The Morgan fingerprint density at radius 1 is 1.89 bits per heavy atom. The van der Waals surface area contributed by atoms with Crippen LogP contribution in [0.25, 0.3) is 0 Å². The van der Waals surface area contributed by atoms with Crippen LogP contribution in [-0.4, -0.2) is 11.6 Å². The highest BCUT2D eigenvalue weighted by Gasteiger charge is 2.02. The maximum atomic E-state index is 5.02. The van der Waals surface area contributed by atoms with E-state index in [1.54, 1.807) is 0 Å². The van der Waals surface area contributed by atoms with Gasteiger partial charge in [-0.2, -0.15) is 4.98 Å². The first-order chi connectivity index (χ1) is 4.34. The van der Waals surface area contributed by atoms with Crippen molar-refractivity contribution in [2.75, 3.05) is 6.61 Å². The Bertz CT molecular complexity index is 187. The molecule has 0 unspecified atom stereocenters. The summed E-state index contributed by atoms with van der Waals surface area (Å²) in [6, 6.07) is 0. The van der Waals surface area contributed by atoms with Gasteiger partial charge < -0.3 is 9.15 Å². The van der Waals surface area contributed by atoms with Crippen LogP contribution in [0.4, 0.5) is 0 Å². The highest BCUT2D eigenvalue weighted by molar-refractivity contribution is 9.10. The number of nitrogens with zero attached hydrogens (tertiary/aromatic N) is 1. The number of ether oxygens (including phenoxy) is 1. The summed E-state index contributed by atoms with van der Waals surface area (Å²) >= 11 is 3.11. The number of halogens is 1. The van der Waals surface area contributed by atoms with E-state index >= 15 is 0 Å². The number of oxazole rings is 1. The van der Waals surface area contributed by atoms with E-state index in [0.29, 0.717) is 17.2 Å². The Morgan fingerprint density at radius 3 is 3.11 bits per heavy atom. The standard InChI is InChI=1S/C5H6BrNO2/c1-2-8-5-4(6)9-3-7-5/h3H,2H2,1H3. The third-order valence-electron chi connectivity index (χ3n) is 0.775. The van der Waals surface area contributed by atoms with E-state index in [2.05, 4.69) is 20.9 Å². The van der Waals surface area contributed by atoms with Crippen LogP contribution in [0.15, 0.2) is 15.5 Å². The van der Waals surface area contributed by atoms with Gasteiger partial charge in [-0.05, 0) is 22.9 Å². The monoisotopic (exact) mass is 191 g/mol. The van der Waals surface area contributed by atoms with Crippen LogP contribution in [0.3, 0.4) is 0 Å². The average molecular weight is 192 g/mol. The third kappa shape index (κ3) is 1.45. The molecule has 0 amide bonds. The highest BCUT2D eigenvalue weighted by Crippen LogP contribution is 2.21. The first-order valence-corrected chi connectivity index (χ1v) is 3.35. The summed E-state index contributed by atoms with van der Waals surface area (Å²) in [5, 5.41) is 0. The normalized spacial score (nSPS) is 9.56. The molecule has 9 heavy (non-hydrogen) atoms. The van der Waals surface area contributed by atoms with E-state index in [9.17, 15) is 0 Å². The average Bonchev–Trinajstić information content (AvgIpc) is 2.18. The third-order valence-corrected chi connectivity index (χ3v) is 1.30. The molecule has 1 aromatic heterocycles. The predicted octanol–water partition coefficient (Wildman–Crippen LogP) is 1.84. The zero-order valence-corrected chi connectivity index (χ0v) is 6.51. The Kier molecular flexibility index (Phi) is 2.10. The van der Waals surface area contributed by atoms with Gasteiger partial charge in [0.15, 0.2) is 6.39 Å². The summed E-state index contributed by atoms with van der Waals surface area (Å²) in [5.74, 6) is 0.512. The molecule has 0 spiro atoms. The Balaban J connectivity index is 2.69. The molecule has 0 bridgehead atoms. The molecular formula is C5H6BrNO2. The zero-order chi connectivity index (χ0) is 6.69. The second-order valence-corrected chi connectivity index (χ2v) is 2.08. The molecule has 4 heteroatoms. The van der Waals surface area contributed by atoms with Crippen molar-refractivity contribution in [2.24, 2.45) is 0 Å². The smallest absolute Gasteiger partial charge is 0.268 e. The molecule has 0 aliphatic heterocycles. The zero-order valence-electron chi connectivity index (χ0n) is 4.93. The van der Waals surface area contributed by atoms with Gasteiger partial charge in [0, 0.05) is 0 Å². The second kappa shape index (κ2) is 2.87. The fourth-order valence-electron chi connectivity index (χ4n) is 0.452. The van der Waals surface area contributed by atoms with Crippen molar-refractivity contribution in [2.45, 2.75) is 6.92 Å². The molecule has 3 nitrogen and oxygen atoms in total. The van der Waals surface area contributed by atoms with Gasteiger partial charge in [-0.15, -0.1) is 0 Å². The van der Waals surface area contributed by atoms with Crippen LogP contribution in [0.1, 0.15) is 6.92 Å². The largest absolute Gasteiger partial charge is 0.475 e. The quantitative estimate of drug-likeness (QED) is 0.716. The molecule has 50 valence electrons. The molecule has 1 aromatic rings. The van der Waals surface area contributed by atoms with Gasteiger partial charge in [-0.3, -0.25) is 0 Å². The molecule has 0 N–H and O–H groups in total. The molecule has 0 saturated carbocycles. The van der Waals surface area contributed by atoms with E-state index in [1.807, 2.05) is 6.92 Å². The van der Waals surface area contributed by atoms with Crippen molar-refractivity contribution < 1.29 is 9.15 Å². The fraction of sp³-hybridized carbons (Fsp3) is 0.400. The lowest BCUT2D eigenvalue weighted by molar-refractivity contribution is 0.321. The van der Waals surface area contributed by atoms with Crippen LogP contribution in [0.5, 0.6) is 5.88 Å². The van der Waals surface area contributed by atoms with E-state index < -0.39 is 0 Å². The summed E-state index contributed by atoms with van der Waals surface area (Å²) in [7, 11) is 0. The van der Waals surface area contributed by atoms with Crippen LogP contribution in [-0.2, 0) is 0 Å². The van der Waals surface area contributed by atoms with Gasteiger partial charge in [0.05, 0.1) is 6.61 Å². The van der Waals surface area contributed by atoms with E-state index in [1.165, 1.54) is 6.39 Å². The van der Waals surface area contributed by atoms with Crippen LogP contribution < -0.4 is 4.74 Å². The van der Waals surface area contributed by atoms with Crippen LogP contribution in [0.2, 0.25) is 0 Å². The number of aromatic nitrogens is 1. The summed E-state index contributed by atoms with van der Waals surface area (Å²) < 4.78 is 10.4. The second-order valence-electron chi connectivity index (χ2n) is 1.36. The molecule has 1 heterocycles. The Hall–Kier alpha value is -0.510. The summed E-state index contributed by atoms with van der Waals surface area (Å²) in [5.41, 5.74) is 0. The predicted molar refractivity (Wildman–Crippen MR) is 35.4 cm³/mol. The molecule has 1 rings (SSSR count). The molecule has 0 atom stereocenters. The maximum absolute atomic E-state index is 5.02. The molecule has 0 radical (unpaired) electrons. The van der Waals surface area contributed by atoms with E-state index in [0.717, 1.165) is 0 Å². The lowest BCUT2D eigenvalue weighted by atomic mass is 10.8. The Labute approximate surface area is 61.2 Å². The van der Waals surface area contributed by atoms with Gasteiger partial charge in [0.25, 0.3) is 5.88 Å². The lowest BCUT2D eigenvalue weighted by Crippen LogP contribution is -1.90. The van der Waals surface area contributed by atoms with Gasteiger partial charge in [0.1, 0.15) is 0 Å². The van der Waals surface area contributed by atoms with Crippen molar-refractivity contribution in [1.29, 1.82) is 0 Å². The van der Waals surface area contributed by atoms with Gasteiger partial charge in [-0.25, -0.2) is 0 Å². The van der Waals surface area contributed by atoms with Crippen LogP contribution >= 0.6 is 15.9 Å². The molecule has 0 aromatic carbocycles. The van der Waals surface area contributed by atoms with Gasteiger partial charge >= 0.3 is 0 Å². The molecule has 0 aliphatic carbocycles. The number of hydrogen-bond donors (Lipinski definition) is 0. The molecule has 0 fully saturated rings. The van der Waals surface area contributed by atoms with Crippen LogP contribution in [0, 0.1) is 0 Å². The minimum absolute atomic E-state index is 0.512. The lowest BCUT2D eigenvalue weighted by Gasteiger charge is -1.93. The Morgan fingerprint density at radius 2 is 2.67 bits per heavy atom. The summed E-state index contributed by atoms with van der Waals surface area (Å²) in [6.07, 6.45) is 1.33. The van der Waals surface area contributed by atoms with E-state index in [4.69, 9.17) is 9.15 Å². The minimum Gasteiger partial charge on any atom is -0.475 e. The molecule has 0 aliphatic rings. The van der Waals surface area contributed by atoms with Crippen molar-refractivity contribution in [3.8, 4) is 5.88 Å². The van der Waals surface area contributed by atoms with Gasteiger partial charge in [0.2, 0.25) is 4.67 Å². The first-order valence-electron chi connectivity index (χ1n) is 2.56. The SMILES string of the molecule is CCOc1ncoc1Br. The van der Waals surface area contributed by atoms with Crippen molar-refractivity contribution >= 4 is 15.9 Å². The highest BCUT2D eigenvalue weighted by atomic mass is 79.9. The number of rotatable bonds is 2. The number of hydrogen-bond acceptors (Lipinski definition) is 3. The summed E-state index contributed by atoms with van der Waals surface area (Å²) in [4.78, 5) is 3.77. The van der Waals surface area contributed by atoms with Crippen molar-refractivity contribution in [1.82, 2.24) is 4.98 Å². The van der Waals surface area contributed by atoms with Crippen molar-refractivity contribution in [3.63, 3.8) is 0 Å².